The minimum absolute atomic E-state index is 0.312. The summed E-state index contributed by atoms with van der Waals surface area (Å²) in [5.41, 5.74) is 6.35. The van der Waals surface area contributed by atoms with Gasteiger partial charge >= 0.3 is 0 Å². The minimum atomic E-state index is -0.507. The van der Waals surface area contributed by atoms with Crippen LogP contribution in [0.1, 0.15) is 25.5 Å². The highest BCUT2D eigenvalue weighted by molar-refractivity contribution is 5.81. The highest BCUT2D eigenvalue weighted by Gasteiger charge is 2.32. The SMILES string of the molecule is CCOCCN1CCN(C(C(N)=O)c2ccc(F)cc2)CC1C. The number of nitrogens with two attached hydrogens (primary N) is 1. The Bertz CT molecular complexity index is 509. The lowest BCUT2D eigenvalue weighted by Crippen LogP contribution is -2.55. The average molecular weight is 323 g/mol. The van der Waals surface area contributed by atoms with E-state index in [1.165, 1.54) is 12.1 Å². The van der Waals surface area contributed by atoms with Gasteiger partial charge < -0.3 is 10.5 Å². The average Bonchev–Trinajstić information content (AvgIpc) is 2.51. The van der Waals surface area contributed by atoms with E-state index in [2.05, 4.69) is 16.7 Å². The Balaban J connectivity index is 2.02. The van der Waals surface area contributed by atoms with E-state index >= 15 is 0 Å². The smallest absolute Gasteiger partial charge is 0.239 e. The molecule has 128 valence electrons. The predicted molar refractivity (Wildman–Crippen MR) is 87.4 cm³/mol. The summed E-state index contributed by atoms with van der Waals surface area (Å²) >= 11 is 0. The highest BCUT2D eigenvalue weighted by atomic mass is 19.1. The molecule has 1 aliphatic heterocycles. The van der Waals surface area contributed by atoms with Crippen LogP contribution in [0.2, 0.25) is 0 Å². The van der Waals surface area contributed by atoms with E-state index in [0.29, 0.717) is 6.04 Å². The van der Waals surface area contributed by atoms with Crippen LogP contribution >= 0.6 is 0 Å². The molecule has 1 heterocycles. The molecule has 2 N–H and O–H groups in total. The monoisotopic (exact) mass is 323 g/mol. The molecule has 0 aliphatic carbocycles. The molecular weight excluding hydrogens is 297 g/mol. The summed E-state index contributed by atoms with van der Waals surface area (Å²) in [7, 11) is 0. The number of rotatable bonds is 7. The first kappa shape index (κ1) is 17.8. The standard InChI is InChI=1S/C17H26FN3O2/c1-3-23-11-10-20-8-9-21(12-13(20)2)16(17(19)22)14-4-6-15(18)7-5-14/h4-7,13,16H,3,8-12H2,1-2H3,(H2,19,22). The molecule has 0 radical (unpaired) electrons. The van der Waals surface area contributed by atoms with Gasteiger partial charge in [-0.05, 0) is 31.5 Å². The van der Waals surface area contributed by atoms with Gasteiger partial charge in [-0.15, -0.1) is 0 Å². The van der Waals surface area contributed by atoms with Crippen LogP contribution in [0.15, 0.2) is 24.3 Å². The number of carbonyl (C=O) groups is 1. The van der Waals surface area contributed by atoms with Crippen LogP contribution in [0.5, 0.6) is 0 Å². The first-order valence-electron chi connectivity index (χ1n) is 8.13. The number of hydrogen-bond donors (Lipinski definition) is 1. The summed E-state index contributed by atoms with van der Waals surface area (Å²) in [6, 6.07) is 5.81. The van der Waals surface area contributed by atoms with Crippen LogP contribution in [0.3, 0.4) is 0 Å². The quantitative estimate of drug-likeness (QED) is 0.771. The van der Waals surface area contributed by atoms with Gasteiger partial charge in [-0.1, -0.05) is 12.1 Å². The lowest BCUT2D eigenvalue weighted by Gasteiger charge is -2.42. The van der Waals surface area contributed by atoms with Crippen LogP contribution in [-0.2, 0) is 9.53 Å². The maximum atomic E-state index is 13.1. The lowest BCUT2D eigenvalue weighted by atomic mass is 10.0. The number of hydrogen-bond acceptors (Lipinski definition) is 4. The first-order chi connectivity index (χ1) is 11.0. The number of nitrogens with zero attached hydrogens (tertiary/aromatic N) is 2. The molecule has 0 spiro atoms. The Morgan fingerprint density at radius 2 is 2.09 bits per heavy atom. The van der Waals surface area contributed by atoms with Crippen molar-refractivity contribution in [3.05, 3.63) is 35.6 Å². The van der Waals surface area contributed by atoms with E-state index in [-0.39, 0.29) is 5.82 Å². The van der Waals surface area contributed by atoms with Crippen molar-refractivity contribution in [2.24, 2.45) is 5.73 Å². The number of amides is 1. The minimum Gasteiger partial charge on any atom is -0.380 e. The fourth-order valence-electron chi connectivity index (χ4n) is 3.12. The number of piperazine rings is 1. The van der Waals surface area contributed by atoms with Crippen LogP contribution in [0.25, 0.3) is 0 Å². The number of halogens is 1. The van der Waals surface area contributed by atoms with Gasteiger partial charge in [0.25, 0.3) is 0 Å². The summed E-state index contributed by atoms with van der Waals surface area (Å²) in [6.07, 6.45) is 0. The van der Waals surface area contributed by atoms with E-state index in [4.69, 9.17) is 10.5 Å². The zero-order valence-corrected chi connectivity index (χ0v) is 13.9. The third kappa shape index (κ3) is 4.73. The van der Waals surface area contributed by atoms with Crippen LogP contribution in [-0.4, -0.2) is 61.1 Å². The Labute approximate surface area is 137 Å². The van der Waals surface area contributed by atoms with Crippen molar-refractivity contribution in [2.75, 3.05) is 39.4 Å². The van der Waals surface area contributed by atoms with Gasteiger partial charge in [0.15, 0.2) is 0 Å². The first-order valence-corrected chi connectivity index (χ1v) is 8.13. The summed E-state index contributed by atoms with van der Waals surface area (Å²) in [4.78, 5) is 16.4. The summed E-state index contributed by atoms with van der Waals surface area (Å²) in [6.45, 7) is 8.82. The Morgan fingerprint density at radius 3 is 2.65 bits per heavy atom. The summed E-state index contributed by atoms with van der Waals surface area (Å²) in [5, 5.41) is 0. The fraction of sp³-hybridized carbons (Fsp3) is 0.588. The van der Waals surface area contributed by atoms with Gasteiger partial charge in [0.2, 0.25) is 5.91 Å². The van der Waals surface area contributed by atoms with Gasteiger partial charge in [0.1, 0.15) is 11.9 Å². The normalized spacial score (nSPS) is 21.3. The molecule has 6 heteroatoms. The van der Waals surface area contributed by atoms with Gasteiger partial charge in [-0.3, -0.25) is 14.6 Å². The second-order valence-electron chi connectivity index (χ2n) is 5.93. The molecule has 0 saturated carbocycles. The van der Waals surface area contributed by atoms with E-state index in [1.807, 2.05) is 6.92 Å². The molecule has 1 aliphatic rings. The van der Waals surface area contributed by atoms with Gasteiger partial charge in [0.05, 0.1) is 6.61 Å². The van der Waals surface area contributed by atoms with Gasteiger partial charge in [-0.25, -0.2) is 4.39 Å². The van der Waals surface area contributed by atoms with E-state index in [0.717, 1.165) is 45.0 Å². The van der Waals surface area contributed by atoms with Crippen molar-refractivity contribution < 1.29 is 13.9 Å². The molecule has 1 aromatic carbocycles. The fourth-order valence-corrected chi connectivity index (χ4v) is 3.12. The van der Waals surface area contributed by atoms with Crippen molar-refractivity contribution in [3.8, 4) is 0 Å². The maximum Gasteiger partial charge on any atom is 0.239 e. The van der Waals surface area contributed by atoms with E-state index < -0.39 is 11.9 Å². The molecule has 23 heavy (non-hydrogen) atoms. The number of benzene rings is 1. The van der Waals surface area contributed by atoms with Crippen LogP contribution < -0.4 is 5.73 Å². The Morgan fingerprint density at radius 1 is 1.39 bits per heavy atom. The molecule has 1 fully saturated rings. The highest BCUT2D eigenvalue weighted by Crippen LogP contribution is 2.24. The van der Waals surface area contributed by atoms with E-state index in [9.17, 15) is 9.18 Å². The molecule has 0 bridgehead atoms. The number of carbonyl (C=O) groups excluding carboxylic acids is 1. The molecule has 5 nitrogen and oxygen atoms in total. The number of primary amides is 1. The summed E-state index contributed by atoms with van der Waals surface area (Å²) < 4.78 is 18.5. The van der Waals surface area contributed by atoms with Crippen molar-refractivity contribution in [2.45, 2.75) is 25.9 Å². The maximum absolute atomic E-state index is 13.1. The van der Waals surface area contributed by atoms with Crippen molar-refractivity contribution in [1.29, 1.82) is 0 Å². The predicted octanol–water partition coefficient (Wildman–Crippen LogP) is 1.39. The third-order valence-electron chi connectivity index (χ3n) is 4.34. The topological polar surface area (TPSA) is 58.8 Å². The molecule has 1 aromatic rings. The molecule has 1 amide bonds. The largest absolute Gasteiger partial charge is 0.380 e. The molecule has 0 aromatic heterocycles. The zero-order chi connectivity index (χ0) is 16.8. The third-order valence-corrected chi connectivity index (χ3v) is 4.34. The molecular formula is C17H26FN3O2. The zero-order valence-electron chi connectivity index (χ0n) is 13.9. The van der Waals surface area contributed by atoms with Gasteiger partial charge in [0, 0.05) is 38.8 Å². The Kier molecular flexibility index (Phi) is 6.50. The second-order valence-corrected chi connectivity index (χ2v) is 5.93. The lowest BCUT2D eigenvalue weighted by molar-refractivity contribution is -0.124. The number of ether oxygens (including phenoxy) is 1. The molecule has 2 atom stereocenters. The summed E-state index contributed by atoms with van der Waals surface area (Å²) in [5.74, 6) is -0.711. The van der Waals surface area contributed by atoms with Crippen LogP contribution in [0, 0.1) is 5.82 Å². The van der Waals surface area contributed by atoms with Crippen molar-refractivity contribution >= 4 is 5.91 Å². The molecule has 2 unspecified atom stereocenters. The second kappa shape index (κ2) is 8.38. The molecule has 1 saturated heterocycles. The Hall–Kier alpha value is -1.50. The van der Waals surface area contributed by atoms with Crippen molar-refractivity contribution in [3.63, 3.8) is 0 Å². The van der Waals surface area contributed by atoms with E-state index in [1.54, 1.807) is 12.1 Å². The molecule has 2 rings (SSSR count). The van der Waals surface area contributed by atoms with Gasteiger partial charge in [-0.2, -0.15) is 0 Å². The van der Waals surface area contributed by atoms with Crippen molar-refractivity contribution in [1.82, 2.24) is 9.80 Å². The van der Waals surface area contributed by atoms with Crippen LogP contribution in [0.4, 0.5) is 4.39 Å².